The van der Waals surface area contributed by atoms with Crippen LogP contribution in [0.1, 0.15) is 154 Å². The number of hydrogen-bond acceptors (Lipinski definition) is 4. The second kappa shape index (κ2) is 30.7. The molecule has 3 rings (SSSR count). The minimum Gasteiger partial charge on any atom is -0.317 e. The summed E-state index contributed by atoms with van der Waals surface area (Å²) < 4.78 is 0. The van der Waals surface area contributed by atoms with Crippen molar-refractivity contribution < 1.29 is 0 Å². The summed E-state index contributed by atoms with van der Waals surface area (Å²) >= 11 is 0. The molecular weight excluding hydrogens is 657 g/mol. The predicted molar refractivity (Wildman–Crippen MR) is 239 cm³/mol. The fourth-order valence-electron chi connectivity index (χ4n) is 7.62. The highest BCUT2D eigenvalue weighted by Gasteiger charge is 2.07. The maximum atomic E-state index is 3.71. The smallest absolute Gasteiger partial charge is 0.0205 e. The number of nitrogens with one attached hydrogen (secondary N) is 4. The molecule has 0 saturated heterocycles. The molecule has 0 spiro atoms. The monoisotopic (exact) mass is 739 g/mol. The van der Waals surface area contributed by atoms with Crippen LogP contribution in [0, 0.1) is 11.8 Å². The molecule has 2 unspecified atom stereocenters. The van der Waals surface area contributed by atoms with E-state index in [1.54, 1.807) is 0 Å². The van der Waals surface area contributed by atoms with Gasteiger partial charge in [-0.05, 0) is 123 Å². The highest BCUT2D eigenvalue weighted by atomic mass is 14.9. The van der Waals surface area contributed by atoms with Crippen LogP contribution in [0.15, 0.2) is 72.8 Å². The largest absolute Gasteiger partial charge is 0.317 e. The number of benzene rings is 3. The Kier molecular flexibility index (Phi) is 26.1. The van der Waals surface area contributed by atoms with Crippen LogP contribution in [-0.4, -0.2) is 39.3 Å². The van der Waals surface area contributed by atoms with E-state index in [-0.39, 0.29) is 0 Å². The lowest BCUT2D eigenvalue weighted by Gasteiger charge is -2.15. The Morgan fingerprint density at radius 2 is 0.833 bits per heavy atom. The van der Waals surface area contributed by atoms with Gasteiger partial charge >= 0.3 is 0 Å². The van der Waals surface area contributed by atoms with Crippen LogP contribution in [0.25, 0.3) is 22.3 Å². The van der Waals surface area contributed by atoms with E-state index >= 15 is 0 Å². The van der Waals surface area contributed by atoms with Crippen LogP contribution >= 0.6 is 0 Å². The molecule has 0 heterocycles. The zero-order valence-corrected chi connectivity index (χ0v) is 35.5. The minimum absolute atomic E-state index is 0.867. The molecule has 0 aromatic heterocycles. The van der Waals surface area contributed by atoms with Crippen molar-refractivity contribution in [2.45, 2.75) is 156 Å². The molecule has 0 bridgehead atoms. The van der Waals surface area contributed by atoms with Crippen molar-refractivity contribution in [1.82, 2.24) is 21.3 Å². The van der Waals surface area contributed by atoms with Crippen molar-refractivity contribution in [1.29, 1.82) is 0 Å². The van der Waals surface area contributed by atoms with E-state index in [1.165, 1.54) is 162 Å². The van der Waals surface area contributed by atoms with Crippen LogP contribution in [-0.2, 0) is 13.1 Å². The van der Waals surface area contributed by atoms with E-state index in [2.05, 4.69) is 122 Å². The molecule has 302 valence electrons. The van der Waals surface area contributed by atoms with Crippen molar-refractivity contribution in [2.24, 2.45) is 11.8 Å². The molecule has 4 nitrogen and oxygen atoms in total. The van der Waals surface area contributed by atoms with Crippen LogP contribution < -0.4 is 21.3 Å². The van der Waals surface area contributed by atoms with Crippen molar-refractivity contribution >= 4 is 0 Å². The molecule has 0 fully saturated rings. The lowest BCUT2D eigenvalue weighted by atomic mass is 9.93. The van der Waals surface area contributed by atoms with Gasteiger partial charge in [-0.25, -0.2) is 0 Å². The third-order valence-corrected chi connectivity index (χ3v) is 11.5. The Labute approximate surface area is 333 Å². The quantitative estimate of drug-likeness (QED) is 0.0461. The van der Waals surface area contributed by atoms with Gasteiger partial charge in [-0.2, -0.15) is 0 Å². The summed E-state index contributed by atoms with van der Waals surface area (Å²) in [6, 6.07) is 27.2. The van der Waals surface area contributed by atoms with Gasteiger partial charge in [0.15, 0.2) is 0 Å². The predicted octanol–water partition coefficient (Wildman–Crippen LogP) is 12.7. The molecule has 54 heavy (non-hydrogen) atoms. The first kappa shape index (κ1) is 45.9. The fourth-order valence-corrected chi connectivity index (χ4v) is 7.62. The molecule has 0 aliphatic rings. The van der Waals surface area contributed by atoms with Crippen molar-refractivity contribution in [3.8, 4) is 22.3 Å². The molecular formula is C50H82N4. The van der Waals surface area contributed by atoms with Crippen molar-refractivity contribution in [2.75, 3.05) is 39.3 Å². The normalized spacial score (nSPS) is 12.7. The summed E-state index contributed by atoms with van der Waals surface area (Å²) in [5.41, 5.74) is 7.80. The van der Waals surface area contributed by atoms with Crippen LogP contribution in [0.2, 0.25) is 0 Å². The molecule has 0 saturated carbocycles. The molecule has 0 radical (unpaired) electrons. The maximum Gasteiger partial charge on any atom is 0.0205 e. The second-order valence-electron chi connectivity index (χ2n) is 16.1. The SMILES string of the molecule is CCCCC(CC)CCCCCNCCCNCc1ccc(-c2cccc(-c3ccc(CNCCCCCCCNCC(CC)CCCC)cc3)c2)cc1. The van der Waals surface area contributed by atoms with Gasteiger partial charge in [0, 0.05) is 13.1 Å². The average Bonchev–Trinajstić information content (AvgIpc) is 3.21. The fraction of sp³-hybridized carbons (Fsp3) is 0.640. The summed E-state index contributed by atoms with van der Waals surface area (Å²) in [4.78, 5) is 0. The highest BCUT2D eigenvalue weighted by molar-refractivity contribution is 5.73. The maximum absolute atomic E-state index is 3.71. The van der Waals surface area contributed by atoms with Crippen LogP contribution in [0.4, 0.5) is 0 Å². The number of rotatable bonds is 34. The van der Waals surface area contributed by atoms with Gasteiger partial charge in [0.2, 0.25) is 0 Å². The summed E-state index contributed by atoms with van der Waals surface area (Å²) in [6.45, 7) is 18.0. The zero-order chi connectivity index (χ0) is 38.3. The first-order valence-electron chi connectivity index (χ1n) is 22.8. The average molecular weight is 739 g/mol. The van der Waals surface area contributed by atoms with Gasteiger partial charge in [-0.15, -0.1) is 0 Å². The summed E-state index contributed by atoms with van der Waals surface area (Å²) in [6.07, 6.45) is 24.2. The first-order chi connectivity index (χ1) is 26.7. The molecule has 0 amide bonds. The molecule has 4 N–H and O–H groups in total. The molecule has 0 aliphatic carbocycles. The zero-order valence-electron chi connectivity index (χ0n) is 35.5. The Morgan fingerprint density at radius 3 is 1.39 bits per heavy atom. The molecule has 3 aromatic carbocycles. The number of hydrogen-bond donors (Lipinski definition) is 4. The Hall–Kier alpha value is -2.50. The number of unbranched alkanes of at least 4 members (excludes halogenated alkanes) is 8. The van der Waals surface area contributed by atoms with Gasteiger partial charge in [0.1, 0.15) is 0 Å². The first-order valence-corrected chi connectivity index (χ1v) is 22.8. The summed E-state index contributed by atoms with van der Waals surface area (Å²) in [7, 11) is 0. The topological polar surface area (TPSA) is 48.1 Å². The Bertz CT molecular complexity index is 1190. The summed E-state index contributed by atoms with van der Waals surface area (Å²) in [5, 5.41) is 14.7. The van der Waals surface area contributed by atoms with E-state index in [1.807, 2.05) is 0 Å². The molecule has 3 aromatic rings. The van der Waals surface area contributed by atoms with Crippen molar-refractivity contribution in [3.63, 3.8) is 0 Å². The molecule has 2 atom stereocenters. The van der Waals surface area contributed by atoms with Crippen molar-refractivity contribution in [3.05, 3.63) is 83.9 Å². The van der Waals surface area contributed by atoms with Crippen LogP contribution in [0.5, 0.6) is 0 Å². The molecule has 0 aliphatic heterocycles. The second-order valence-corrected chi connectivity index (χ2v) is 16.1. The standard InChI is InChI=1S/C50H82N4/c1-5-9-21-43(7-3)23-15-14-18-34-51-37-20-38-54-42-46-28-32-48(33-29-46)50-25-19-24-49(39-50)47-30-26-45(27-31-47)41-53-36-17-13-11-12-16-35-52-40-44(8-4)22-10-6-2/h19,24-33,39,43-44,51-54H,5-18,20-23,34-38,40-42H2,1-4H3. The Morgan fingerprint density at radius 1 is 0.389 bits per heavy atom. The van der Waals surface area contributed by atoms with Gasteiger partial charge in [0.05, 0.1) is 0 Å². The van der Waals surface area contributed by atoms with E-state index in [4.69, 9.17) is 0 Å². The van der Waals surface area contributed by atoms with E-state index < -0.39 is 0 Å². The Balaban J connectivity index is 1.23. The van der Waals surface area contributed by atoms with Gasteiger partial charge < -0.3 is 21.3 Å². The van der Waals surface area contributed by atoms with E-state index in [9.17, 15) is 0 Å². The summed E-state index contributed by atoms with van der Waals surface area (Å²) in [5.74, 6) is 1.83. The molecule has 4 heteroatoms. The van der Waals surface area contributed by atoms with Crippen LogP contribution in [0.3, 0.4) is 0 Å². The van der Waals surface area contributed by atoms with E-state index in [0.717, 1.165) is 51.1 Å². The highest BCUT2D eigenvalue weighted by Crippen LogP contribution is 2.27. The van der Waals surface area contributed by atoms with Gasteiger partial charge in [0.25, 0.3) is 0 Å². The van der Waals surface area contributed by atoms with Gasteiger partial charge in [-0.3, -0.25) is 0 Å². The lowest BCUT2D eigenvalue weighted by Crippen LogP contribution is -2.23. The lowest BCUT2D eigenvalue weighted by molar-refractivity contribution is 0.400. The minimum atomic E-state index is 0.867. The van der Waals surface area contributed by atoms with Gasteiger partial charge in [-0.1, -0.05) is 178 Å². The third kappa shape index (κ3) is 20.4. The van der Waals surface area contributed by atoms with E-state index in [0.29, 0.717) is 0 Å². The third-order valence-electron chi connectivity index (χ3n) is 11.5.